The number of aliphatic hydroxyl groups is 3. The molecule has 0 bridgehead atoms. The summed E-state index contributed by atoms with van der Waals surface area (Å²) >= 11 is 0. The van der Waals surface area contributed by atoms with Gasteiger partial charge in [0.25, 0.3) is 0 Å². The largest absolute Gasteiger partial charge is 0.387 e. The first-order valence-electron chi connectivity index (χ1n) is 4.23. The van der Waals surface area contributed by atoms with Crippen LogP contribution in [-0.2, 0) is 0 Å². The molecule has 2 atom stereocenters. The van der Waals surface area contributed by atoms with Crippen LogP contribution in [0.3, 0.4) is 0 Å². The standard InChI is InChI=1S/C9H20O3/c1-6-8(4,11)9(5,12)7(2,3)10/h10-12H,6H2,1-5H3. The van der Waals surface area contributed by atoms with E-state index in [1.807, 2.05) is 0 Å². The highest BCUT2D eigenvalue weighted by molar-refractivity contribution is 5.02. The summed E-state index contributed by atoms with van der Waals surface area (Å²) in [6.07, 6.45) is 0.393. The molecule has 0 fully saturated rings. The maximum Gasteiger partial charge on any atom is 0.118 e. The van der Waals surface area contributed by atoms with Crippen molar-refractivity contribution >= 4 is 0 Å². The summed E-state index contributed by atoms with van der Waals surface area (Å²) in [6.45, 7) is 7.69. The van der Waals surface area contributed by atoms with Crippen LogP contribution in [0.2, 0.25) is 0 Å². The van der Waals surface area contributed by atoms with E-state index in [0.29, 0.717) is 6.42 Å². The summed E-state index contributed by atoms with van der Waals surface area (Å²) < 4.78 is 0. The third-order valence-corrected chi connectivity index (χ3v) is 2.93. The van der Waals surface area contributed by atoms with E-state index < -0.39 is 16.8 Å². The van der Waals surface area contributed by atoms with Crippen molar-refractivity contribution < 1.29 is 15.3 Å². The van der Waals surface area contributed by atoms with Crippen LogP contribution >= 0.6 is 0 Å². The lowest BCUT2D eigenvalue weighted by atomic mass is 9.73. The van der Waals surface area contributed by atoms with Gasteiger partial charge in [0.15, 0.2) is 0 Å². The molecule has 0 aromatic heterocycles. The van der Waals surface area contributed by atoms with Crippen molar-refractivity contribution in [2.24, 2.45) is 0 Å². The Kier molecular flexibility index (Phi) is 2.95. The predicted molar refractivity (Wildman–Crippen MR) is 47.8 cm³/mol. The summed E-state index contributed by atoms with van der Waals surface area (Å²) in [5.74, 6) is 0. The monoisotopic (exact) mass is 176 g/mol. The van der Waals surface area contributed by atoms with Crippen molar-refractivity contribution in [1.29, 1.82) is 0 Å². The van der Waals surface area contributed by atoms with E-state index in [1.165, 1.54) is 27.7 Å². The summed E-state index contributed by atoms with van der Waals surface area (Å²) in [5, 5.41) is 29.3. The molecule has 0 radical (unpaired) electrons. The van der Waals surface area contributed by atoms with Gasteiger partial charge >= 0.3 is 0 Å². The Morgan fingerprint density at radius 3 is 1.33 bits per heavy atom. The molecule has 0 aromatic carbocycles. The lowest BCUT2D eigenvalue weighted by Gasteiger charge is -2.45. The van der Waals surface area contributed by atoms with Gasteiger partial charge in [-0.25, -0.2) is 0 Å². The van der Waals surface area contributed by atoms with Crippen LogP contribution in [0.1, 0.15) is 41.0 Å². The molecule has 0 rings (SSSR count). The van der Waals surface area contributed by atoms with Gasteiger partial charge in [0, 0.05) is 0 Å². The van der Waals surface area contributed by atoms with E-state index in [2.05, 4.69) is 0 Å². The minimum Gasteiger partial charge on any atom is -0.387 e. The van der Waals surface area contributed by atoms with Crippen molar-refractivity contribution in [3.05, 3.63) is 0 Å². The molecule has 0 amide bonds. The molecule has 0 aliphatic heterocycles. The first kappa shape index (κ1) is 11.9. The van der Waals surface area contributed by atoms with Crippen LogP contribution in [0.15, 0.2) is 0 Å². The zero-order valence-electron chi connectivity index (χ0n) is 8.55. The van der Waals surface area contributed by atoms with Gasteiger partial charge in [-0.3, -0.25) is 0 Å². The normalized spacial score (nSPS) is 23.0. The van der Waals surface area contributed by atoms with Gasteiger partial charge < -0.3 is 15.3 Å². The van der Waals surface area contributed by atoms with Crippen molar-refractivity contribution in [1.82, 2.24) is 0 Å². The molecular weight excluding hydrogens is 156 g/mol. The van der Waals surface area contributed by atoms with Crippen molar-refractivity contribution in [2.75, 3.05) is 0 Å². The first-order chi connectivity index (χ1) is 5.06. The second kappa shape index (κ2) is 2.98. The molecule has 0 saturated carbocycles. The van der Waals surface area contributed by atoms with Crippen LogP contribution in [0.4, 0.5) is 0 Å². The lowest BCUT2D eigenvalue weighted by Crippen LogP contribution is -2.62. The maximum atomic E-state index is 9.88. The van der Waals surface area contributed by atoms with E-state index in [9.17, 15) is 15.3 Å². The molecule has 0 aliphatic rings. The molecule has 0 saturated heterocycles. The predicted octanol–water partition coefficient (Wildman–Crippen LogP) is 0.669. The number of hydrogen-bond acceptors (Lipinski definition) is 3. The van der Waals surface area contributed by atoms with Crippen LogP contribution in [0.5, 0.6) is 0 Å². The molecular formula is C9H20O3. The quantitative estimate of drug-likeness (QED) is 0.592. The summed E-state index contributed by atoms with van der Waals surface area (Å²) in [6, 6.07) is 0. The fourth-order valence-corrected chi connectivity index (χ4v) is 1.00. The molecule has 3 heteroatoms. The zero-order valence-corrected chi connectivity index (χ0v) is 8.55. The van der Waals surface area contributed by atoms with Crippen LogP contribution in [0, 0.1) is 0 Å². The molecule has 3 N–H and O–H groups in total. The second-order valence-electron chi connectivity index (χ2n) is 4.26. The fourth-order valence-electron chi connectivity index (χ4n) is 1.00. The average molecular weight is 176 g/mol. The molecule has 2 unspecified atom stereocenters. The van der Waals surface area contributed by atoms with Crippen LogP contribution in [0.25, 0.3) is 0 Å². The Labute approximate surface area is 74.0 Å². The highest BCUT2D eigenvalue weighted by Crippen LogP contribution is 2.34. The van der Waals surface area contributed by atoms with Gasteiger partial charge in [-0.1, -0.05) is 6.92 Å². The Morgan fingerprint density at radius 1 is 0.917 bits per heavy atom. The molecule has 0 spiro atoms. The second-order valence-corrected chi connectivity index (χ2v) is 4.26. The zero-order chi connectivity index (χ0) is 10.2. The highest BCUT2D eigenvalue weighted by atomic mass is 16.4. The van der Waals surface area contributed by atoms with E-state index in [1.54, 1.807) is 6.92 Å². The van der Waals surface area contributed by atoms with Crippen LogP contribution in [-0.4, -0.2) is 32.1 Å². The first-order valence-corrected chi connectivity index (χ1v) is 4.23. The highest BCUT2D eigenvalue weighted by Gasteiger charge is 2.50. The van der Waals surface area contributed by atoms with Gasteiger partial charge in [-0.05, 0) is 34.1 Å². The molecule has 3 nitrogen and oxygen atoms in total. The van der Waals surface area contributed by atoms with Crippen LogP contribution < -0.4 is 0 Å². The van der Waals surface area contributed by atoms with Gasteiger partial charge in [-0.2, -0.15) is 0 Å². The summed E-state index contributed by atoms with van der Waals surface area (Å²) in [7, 11) is 0. The third kappa shape index (κ3) is 1.79. The summed E-state index contributed by atoms with van der Waals surface area (Å²) in [5.41, 5.74) is -4.09. The topological polar surface area (TPSA) is 60.7 Å². The van der Waals surface area contributed by atoms with E-state index in [4.69, 9.17) is 0 Å². The van der Waals surface area contributed by atoms with Gasteiger partial charge in [0.2, 0.25) is 0 Å². The van der Waals surface area contributed by atoms with Crippen molar-refractivity contribution in [3.8, 4) is 0 Å². The minimum atomic E-state index is -1.51. The van der Waals surface area contributed by atoms with Gasteiger partial charge in [-0.15, -0.1) is 0 Å². The van der Waals surface area contributed by atoms with Crippen molar-refractivity contribution in [2.45, 2.75) is 57.8 Å². The lowest BCUT2D eigenvalue weighted by molar-refractivity contribution is -0.219. The Balaban J connectivity index is 4.85. The molecule has 0 aliphatic carbocycles. The van der Waals surface area contributed by atoms with E-state index in [-0.39, 0.29) is 0 Å². The average Bonchev–Trinajstić information content (AvgIpc) is 1.85. The Hall–Kier alpha value is -0.120. The smallest absolute Gasteiger partial charge is 0.118 e. The minimum absolute atomic E-state index is 0.393. The number of rotatable bonds is 3. The number of hydrogen-bond donors (Lipinski definition) is 3. The van der Waals surface area contributed by atoms with Crippen molar-refractivity contribution in [3.63, 3.8) is 0 Å². The van der Waals surface area contributed by atoms with E-state index in [0.717, 1.165) is 0 Å². The SMILES string of the molecule is CCC(C)(O)C(C)(O)C(C)(C)O. The fraction of sp³-hybridized carbons (Fsp3) is 1.00. The molecule has 12 heavy (non-hydrogen) atoms. The molecule has 0 heterocycles. The third-order valence-electron chi connectivity index (χ3n) is 2.93. The maximum absolute atomic E-state index is 9.88. The van der Waals surface area contributed by atoms with Gasteiger partial charge in [0.05, 0.1) is 11.2 Å². The Morgan fingerprint density at radius 2 is 1.25 bits per heavy atom. The molecule has 74 valence electrons. The summed E-state index contributed by atoms with van der Waals surface area (Å²) in [4.78, 5) is 0. The van der Waals surface area contributed by atoms with Gasteiger partial charge in [0.1, 0.15) is 5.60 Å². The molecule has 0 aromatic rings. The Bertz CT molecular complexity index is 154. The van der Waals surface area contributed by atoms with E-state index >= 15 is 0 Å².